The molecule has 0 radical (unpaired) electrons. The molecule has 124 valence electrons. The second-order valence-corrected chi connectivity index (χ2v) is 5.81. The fraction of sp³-hybridized carbons (Fsp3) is 0.444. The number of carbonyl (C=O) groups is 1. The number of hydrogen-bond donors (Lipinski definition) is 2. The summed E-state index contributed by atoms with van der Waals surface area (Å²) < 4.78 is 5.23. The predicted molar refractivity (Wildman–Crippen MR) is 89.0 cm³/mol. The molecule has 1 aromatic carbocycles. The first-order chi connectivity index (χ1) is 11.1. The van der Waals surface area contributed by atoms with Crippen molar-refractivity contribution in [2.45, 2.75) is 33.1 Å². The van der Waals surface area contributed by atoms with E-state index in [9.17, 15) is 9.90 Å². The van der Waals surface area contributed by atoms with Crippen LogP contribution in [0.2, 0.25) is 0 Å². The Labute approximate surface area is 136 Å². The smallest absolute Gasteiger partial charge is 0.251 e. The summed E-state index contributed by atoms with van der Waals surface area (Å²) in [5.41, 5.74) is 1.46. The molecule has 0 atom stereocenters. The molecule has 2 aromatic rings. The summed E-state index contributed by atoms with van der Waals surface area (Å²) in [6.45, 7) is 4.90. The summed E-state index contributed by atoms with van der Waals surface area (Å²) >= 11 is 0. The van der Waals surface area contributed by atoms with Crippen molar-refractivity contribution in [2.24, 2.45) is 5.41 Å². The Morgan fingerprint density at radius 2 is 1.96 bits per heavy atom. The van der Waals surface area contributed by atoms with Gasteiger partial charge < -0.3 is 14.8 Å². The molecular weight excluding hydrogens is 292 g/mol. The number of nitrogens with one attached hydrogen (secondary N) is 1. The molecule has 5 nitrogen and oxygen atoms in total. The van der Waals surface area contributed by atoms with E-state index < -0.39 is 0 Å². The third kappa shape index (κ3) is 4.20. The molecule has 2 rings (SSSR count). The average molecular weight is 316 g/mol. The molecule has 0 unspecified atom stereocenters. The lowest BCUT2D eigenvalue weighted by Crippen LogP contribution is -2.37. The molecule has 0 fully saturated rings. The van der Waals surface area contributed by atoms with Gasteiger partial charge >= 0.3 is 0 Å². The lowest BCUT2D eigenvalue weighted by atomic mass is 9.79. The van der Waals surface area contributed by atoms with Gasteiger partial charge in [0.25, 0.3) is 5.91 Å². The third-order valence-electron chi connectivity index (χ3n) is 4.63. The summed E-state index contributed by atoms with van der Waals surface area (Å²) in [5, 5.41) is 12.2. The topological polar surface area (TPSA) is 75.4 Å². The van der Waals surface area contributed by atoms with Gasteiger partial charge in [0, 0.05) is 24.3 Å². The maximum Gasteiger partial charge on any atom is 0.251 e. The molecular formula is C18H24N2O3. The average Bonchev–Trinajstić information content (AvgIpc) is 3.13. The van der Waals surface area contributed by atoms with E-state index in [1.807, 2.05) is 12.1 Å². The van der Waals surface area contributed by atoms with Crippen LogP contribution in [0.15, 0.2) is 41.3 Å². The lowest BCUT2D eigenvalue weighted by molar-refractivity contribution is 0.0907. The number of aliphatic hydroxyl groups is 1. The Kier molecular flexibility index (Phi) is 5.93. The highest BCUT2D eigenvalue weighted by molar-refractivity contribution is 5.94. The van der Waals surface area contributed by atoms with Crippen LogP contribution in [0, 0.1) is 5.41 Å². The van der Waals surface area contributed by atoms with Crippen LogP contribution in [0.3, 0.4) is 0 Å². The van der Waals surface area contributed by atoms with Crippen molar-refractivity contribution in [3.63, 3.8) is 0 Å². The second kappa shape index (κ2) is 7.92. The molecule has 2 N–H and O–H groups in total. The van der Waals surface area contributed by atoms with Gasteiger partial charge in [-0.15, -0.1) is 0 Å². The number of hydrogen-bond acceptors (Lipinski definition) is 4. The number of nitrogens with zero attached hydrogens (tertiary/aromatic N) is 1. The van der Waals surface area contributed by atoms with Crippen molar-refractivity contribution in [2.75, 3.05) is 13.2 Å². The monoisotopic (exact) mass is 316 g/mol. The van der Waals surface area contributed by atoms with Gasteiger partial charge in [-0.1, -0.05) is 26.0 Å². The van der Waals surface area contributed by atoms with Crippen LogP contribution in [-0.2, 0) is 0 Å². The minimum Gasteiger partial charge on any atom is -0.444 e. The van der Waals surface area contributed by atoms with E-state index >= 15 is 0 Å². The fourth-order valence-corrected chi connectivity index (χ4v) is 2.69. The van der Waals surface area contributed by atoms with Crippen LogP contribution in [0.1, 0.15) is 43.5 Å². The molecule has 0 bridgehead atoms. The van der Waals surface area contributed by atoms with Crippen LogP contribution in [0.25, 0.3) is 11.3 Å². The summed E-state index contributed by atoms with van der Waals surface area (Å²) in [6, 6.07) is 7.24. The molecule has 0 spiro atoms. The minimum atomic E-state index is -0.0988. The van der Waals surface area contributed by atoms with Crippen molar-refractivity contribution in [1.82, 2.24) is 10.3 Å². The third-order valence-corrected chi connectivity index (χ3v) is 4.63. The highest BCUT2D eigenvalue weighted by atomic mass is 16.3. The zero-order valence-corrected chi connectivity index (χ0v) is 13.7. The van der Waals surface area contributed by atoms with Gasteiger partial charge in [-0.2, -0.15) is 0 Å². The second-order valence-electron chi connectivity index (χ2n) is 5.81. The van der Waals surface area contributed by atoms with Crippen LogP contribution in [-0.4, -0.2) is 29.1 Å². The summed E-state index contributed by atoms with van der Waals surface area (Å²) in [5.74, 6) is 0.578. The van der Waals surface area contributed by atoms with E-state index in [-0.39, 0.29) is 17.9 Å². The Morgan fingerprint density at radius 3 is 2.48 bits per heavy atom. The molecule has 23 heavy (non-hydrogen) atoms. The van der Waals surface area contributed by atoms with Crippen LogP contribution in [0.5, 0.6) is 0 Å². The predicted octanol–water partition coefficient (Wildman–Crippen LogP) is 3.26. The number of carbonyl (C=O) groups excluding carboxylic acids is 1. The van der Waals surface area contributed by atoms with E-state index in [1.54, 1.807) is 18.3 Å². The highest BCUT2D eigenvalue weighted by Crippen LogP contribution is 2.29. The number of benzene rings is 1. The fourth-order valence-electron chi connectivity index (χ4n) is 2.69. The van der Waals surface area contributed by atoms with Gasteiger partial charge in [0.05, 0.1) is 6.20 Å². The molecule has 0 aliphatic carbocycles. The lowest BCUT2D eigenvalue weighted by Gasteiger charge is -2.31. The Balaban J connectivity index is 2.00. The van der Waals surface area contributed by atoms with Crippen LogP contribution in [0.4, 0.5) is 0 Å². The normalized spacial score (nSPS) is 11.4. The number of aliphatic hydroxyl groups excluding tert-OH is 1. The summed E-state index contributed by atoms with van der Waals surface area (Å²) in [6.07, 6.45) is 5.57. The number of rotatable bonds is 8. The van der Waals surface area contributed by atoms with Crippen molar-refractivity contribution in [3.05, 3.63) is 42.4 Å². The van der Waals surface area contributed by atoms with Crippen LogP contribution < -0.4 is 5.32 Å². The van der Waals surface area contributed by atoms with Crippen molar-refractivity contribution < 1.29 is 14.3 Å². The summed E-state index contributed by atoms with van der Waals surface area (Å²) in [7, 11) is 0. The Bertz CT molecular complexity index is 602. The van der Waals surface area contributed by atoms with Crippen molar-refractivity contribution in [1.29, 1.82) is 0 Å². The Hall–Kier alpha value is -2.14. The van der Waals surface area contributed by atoms with Gasteiger partial charge in [0.15, 0.2) is 12.2 Å². The SMILES string of the molecule is CCC(CC)(CCO)CNC(=O)c1ccc(-c2cnco2)cc1. The van der Waals surface area contributed by atoms with Crippen molar-refractivity contribution >= 4 is 5.91 Å². The molecule has 1 amide bonds. The van der Waals surface area contributed by atoms with E-state index in [0.29, 0.717) is 24.3 Å². The minimum absolute atomic E-state index is 0.0375. The molecule has 1 heterocycles. The molecule has 1 aromatic heterocycles. The zero-order valence-electron chi connectivity index (χ0n) is 13.7. The maximum atomic E-state index is 12.3. The first kappa shape index (κ1) is 17.2. The van der Waals surface area contributed by atoms with E-state index in [4.69, 9.17) is 4.42 Å². The highest BCUT2D eigenvalue weighted by Gasteiger charge is 2.26. The van der Waals surface area contributed by atoms with E-state index in [0.717, 1.165) is 18.4 Å². The van der Waals surface area contributed by atoms with Crippen molar-refractivity contribution in [3.8, 4) is 11.3 Å². The first-order valence-corrected chi connectivity index (χ1v) is 8.02. The van der Waals surface area contributed by atoms with Gasteiger partial charge in [0.1, 0.15) is 0 Å². The largest absolute Gasteiger partial charge is 0.444 e. The standard InChI is InChI=1S/C18H24N2O3/c1-3-18(4-2,9-10-21)12-20-17(22)15-7-5-14(6-8-15)16-11-19-13-23-16/h5-8,11,13,21H,3-4,9-10,12H2,1-2H3,(H,20,22). The van der Waals surface area contributed by atoms with Gasteiger partial charge in [-0.3, -0.25) is 4.79 Å². The number of aromatic nitrogens is 1. The number of amides is 1. The summed E-state index contributed by atoms with van der Waals surface area (Å²) in [4.78, 5) is 16.2. The van der Waals surface area contributed by atoms with Gasteiger partial charge in [-0.25, -0.2) is 4.98 Å². The zero-order chi connectivity index (χ0) is 16.7. The quantitative estimate of drug-likeness (QED) is 0.784. The molecule has 0 aliphatic heterocycles. The van der Waals surface area contributed by atoms with E-state index in [1.165, 1.54) is 6.39 Å². The van der Waals surface area contributed by atoms with Crippen LogP contribution >= 0.6 is 0 Å². The molecule has 0 saturated heterocycles. The molecule has 5 heteroatoms. The first-order valence-electron chi connectivity index (χ1n) is 8.02. The van der Waals surface area contributed by atoms with E-state index in [2.05, 4.69) is 24.1 Å². The maximum absolute atomic E-state index is 12.3. The molecule has 0 aliphatic rings. The molecule has 0 saturated carbocycles. The van der Waals surface area contributed by atoms with Gasteiger partial charge in [-0.05, 0) is 36.8 Å². The number of oxazole rings is 1. The van der Waals surface area contributed by atoms with Gasteiger partial charge in [0.2, 0.25) is 0 Å². The Morgan fingerprint density at radius 1 is 1.26 bits per heavy atom.